The Morgan fingerprint density at radius 2 is 0.933 bits per heavy atom. The molecule has 0 aliphatic rings. The molecule has 0 radical (unpaired) electrons. The van der Waals surface area contributed by atoms with E-state index in [0.717, 1.165) is 0 Å². The fourth-order valence-corrected chi connectivity index (χ4v) is 0.982. The number of hydrogen-bond acceptors (Lipinski definition) is 3. The average molecular weight is 207 g/mol. The first-order valence-corrected chi connectivity index (χ1v) is 3.49. The van der Waals surface area contributed by atoms with E-state index in [9.17, 15) is 13.2 Å². The highest BCUT2D eigenvalue weighted by Crippen LogP contribution is 2.23. The van der Waals surface area contributed by atoms with Crippen molar-refractivity contribution in [1.29, 1.82) is 15.8 Å². The summed E-state index contributed by atoms with van der Waals surface area (Å²) in [7, 11) is 0. The minimum atomic E-state index is -1.93. The van der Waals surface area contributed by atoms with E-state index in [4.69, 9.17) is 15.8 Å². The molecule has 0 unspecified atom stereocenters. The van der Waals surface area contributed by atoms with Crippen molar-refractivity contribution in [1.82, 2.24) is 0 Å². The summed E-state index contributed by atoms with van der Waals surface area (Å²) in [6.07, 6.45) is 0. The minimum Gasteiger partial charge on any atom is -0.202 e. The topological polar surface area (TPSA) is 71.4 Å². The number of rotatable bonds is 0. The Hall–Kier alpha value is -2.52. The molecule has 0 aromatic heterocycles. The highest BCUT2D eigenvalue weighted by molar-refractivity contribution is 5.56. The molecule has 3 nitrogen and oxygen atoms in total. The summed E-state index contributed by atoms with van der Waals surface area (Å²) in [5.74, 6) is -5.45. The molecule has 15 heavy (non-hydrogen) atoms. The first-order chi connectivity index (χ1) is 7.08. The summed E-state index contributed by atoms with van der Waals surface area (Å²) in [5, 5.41) is 25.3. The van der Waals surface area contributed by atoms with Crippen LogP contribution in [0.2, 0.25) is 0 Å². The normalized spacial score (nSPS) is 8.80. The molecule has 0 aliphatic carbocycles. The Bertz CT molecular complexity index is 517. The molecule has 0 heterocycles. The summed E-state index contributed by atoms with van der Waals surface area (Å²) in [6, 6.07) is 3.69. The first kappa shape index (κ1) is 10.6. The molecule has 1 aromatic carbocycles. The SMILES string of the molecule is N#Cc1c(F)c(F)c(F)c(C#N)c1C#N. The van der Waals surface area contributed by atoms with E-state index in [1.54, 1.807) is 0 Å². The highest BCUT2D eigenvalue weighted by atomic mass is 19.2. The van der Waals surface area contributed by atoms with Gasteiger partial charge in [0.1, 0.15) is 29.3 Å². The van der Waals surface area contributed by atoms with Gasteiger partial charge in [-0.25, -0.2) is 13.2 Å². The van der Waals surface area contributed by atoms with Gasteiger partial charge in [-0.1, -0.05) is 0 Å². The fourth-order valence-electron chi connectivity index (χ4n) is 0.982. The summed E-state index contributed by atoms with van der Waals surface area (Å²) in [4.78, 5) is 0. The molecule has 1 aromatic rings. The van der Waals surface area contributed by atoms with Crippen LogP contribution in [0, 0.1) is 51.4 Å². The third kappa shape index (κ3) is 1.37. The molecule has 1 rings (SSSR count). The molecule has 0 atom stereocenters. The van der Waals surface area contributed by atoms with Gasteiger partial charge >= 0.3 is 0 Å². The molecule has 0 aliphatic heterocycles. The Labute approximate surface area is 82.2 Å². The van der Waals surface area contributed by atoms with Crippen molar-refractivity contribution in [2.75, 3.05) is 0 Å². The number of hydrogen-bond donors (Lipinski definition) is 0. The smallest absolute Gasteiger partial charge is 0.197 e. The molecular formula is C9F3N3. The first-order valence-electron chi connectivity index (χ1n) is 3.49. The van der Waals surface area contributed by atoms with E-state index in [1.165, 1.54) is 18.2 Å². The van der Waals surface area contributed by atoms with Crippen LogP contribution in [-0.4, -0.2) is 0 Å². The second-order valence-electron chi connectivity index (χ2n) is 2.40. The van der Waals surface area contributed by atoms with Gasteiger partial charge in [-0.2, -0.15) is 15.8 Å². The second kappa shape index (κ2) is 3.69. The van der Waals surface area contributed by atoms with Gasteiger partial charge in [-0.05, 0) is 0 Å². The van der Waals surface area contributed by atoms with Crippen molar-refractivity contribution in [3.8, 4) is 18.2 Å². The van der Waals surface area contributed by atoms with Crippen molar-refractivity contribution in [2.45, 2.75) is 0 Å². The zero-order valence-electron chi connectivity index (χ0n) is 6.98. The largest absolute Gasteiger partial charge is 0.202 e. The van der Waals surface area contributed by atoms with Gasteiger partial charge in [-0.3, -0.25) is 0 Å². The molecule has 0 amide bonds. The van der Waals surface area contributed by atoms with E-state index in [-0.39, 0.29) is 0 Å². The monoisotopic (exact) mass is 207 g/mol. The van der Waals surface area contributed by atoms with Crippen LogP contribution >= 0.6 is 0 Å². The third-order valence-electron chi connectivity index (χ3n) is 1.66. The zero-order chi connectivity index (χ0) is 11.6. The molecule has 6 heteroatoms. The molecule has 0 bridgehead atoms. The third-order valence-corrected chi connectivity index (χ3v) is 1.66. The second-order valence-corrected chi connectivity index (χ2v) is 2.40. The molecule has 0 N–H and O–H groups in total. The van der Waals surface area contributed by atoms with Gasteiger partial charge in [0, 0.05) is 0 Å². The van der Waals surface area contributed by atoms with Gasteiger partial charge in [0.05, 0.1) is 5.56 Å². The van der Waals surface area contributed by atoms with E-state index in [0.29, 0.717) is 0 Å². The summed E-state index contributed by atoms with van der Waals surface area (Å²) in [6.45, 7) is 0. The lowest BCUT2D eigenvalue weighted by atomic mass is 10.0. The van der Waals surface area contributed by atoms with Crippen molar-refractivity contribution in [3.05, 3.63) is 34.1 Å². The lowest BCUT2D eigenvalue weighted by Gasteiger charge is -2.02. The van der Waals surface area contributed by atoms with Gasteiger partial charge in [0.2, 0.25) is 0 Å². The number of nitrogens with zero attached hydrogens (tertiary/aromatic N) is 3. The Balaban J connectivity index is 3.90. The fraction of sp³-hybridized carbons (Fsp3) is 0. The Morgan fingerprint density at radius 1 is 0.600 bits per heavy atom. The predicted octanol–water partition coefficient (Wildman–Crippen LogP) is 1.72. The van der Waals surface area contributed by atoms with Crippen molar-refractivity contribution in [2.24, 2.45) is 0 Å². The summed E-state index contributed by atoms with van der Waals surface area (Å²) in [5.41, 5.74) is -2.72. The van der Waals surface area contributed by atoms with Crippen LogP contribution in [0.15, 0.2) is 0 Å². The molecular weight excluding hydrogens is 207 g/mol. The Morgan fingerprint density at radius 3 is 1.20 bits per heavy atom. The highest BCUT2D eigenvalue weighted by Gasteiger charge is 2.24. The van der Waals surface area contributed by atoms with Crippen LogP contribution in [0.5, 0.6) is 0 Å². The molecule has 0 saturated heterocycles. The summed E-state index contributed by atoms with van der Waals surface area (Å²) < 4.78 is 38.6. The molecule has 0 saturated carbocycles. The molecule has 72 valence electrons. The predicted molar refractivity (Wildman–Crippen MR) is 40.5 cm³/mol. The van der Waals surface area contributed by atoms with Crippen molar-refractivity contribution < 1.29 is 13.2 Å². The van der Waals surface area contributed by atoms with Crippen LogP contribution in [0.3, 0.4) is 0 Å². The average Bonchev–Trinajstić information content (AvgIpc) is 2.25. The van der Waals surface area contributed by atoms with Crippen LogP contribution in [-0.2, 0) is 0 Å². The van der Waals surface area contributed by atoms with Gasteiger partial charge in [0.15, 0.2) is 17.5 Å². The van der Waals surface area contributed by atoms with Gasteiger partial charge < -0.3 is 0 Å². The van der Waals surface area contributed by atoms with Crippen LogP contribution < -0.4 is 0 Å². The minimum absolute atomic E-state index is 0.795. The number of nitriles is 3. The number of halogens is 3. The lowest BCUT2D eigenvalue weighted by molar-refractivity contribution is 0.443. The van der Waals surface area contributed by atoms with Crippen LogP contribution in [0.4, 0.5) is 13.2 Å². The van der Waals surface area contributed by atoms with Gasteiger partial charge in [0.25, 0.3) is 0 Å². The summed E-state index contributed by atoms with van der Waals surface area (Å²) >= 11 is 0. The standard InChI is InChI=1S/C9F3N3/c10-7-5(2-14)4(1-13)6(3-15)8(11)9(7)12. The van der Waals surface area contributed by atoms with Gasteiger partial charge in [-0.15, -0.1) is 0 Å². The number of benzene rings is 1. The zero-order valence-corrected chi connectivity index (χ0v) is 6.98. The Kier molecular flexibility index (Phi) is 2.60. The maximum Gasteiger partial charge on any atom is 0.197 e. The lowest BCUT2D eigenvalue weighted by Crippen LogP contribution is -2.03. The van der Waals surface area contributed by atoms with Crippen LogP contribution in [0.1, 0.15) is 16.7 Å². The molecule has 0 spiro atoms. The van der Waals surface area contributed by atoms with E-state index in [2.05, 4.69) is 0 Å². The van der Waals surface area contributed by atoms with Crippen molar-refractivity contribution >= 4 is 0 Å². The van der Waals surface area contributed by atoms with Crippen molar-refractivity contribution in [3.63, 3.8) is 0 Å². The quantitative estimate of drug-likeness (QED) is 0.608. The maximum atomic E-state index is 12.9. The van der Waals surface area contributed by atoms with E-state index < -0.39 is 34.1 Å². The van der Waals surface area contributed by atoms with E-state index in [1.807, 2.05) is 0 Å². The van der Waals surface area contributed by atoms with E-state index >= 15 is 0 Å². The van der Waals surface area contributed by atoms with Crippen LogP contribution in [0.25, 0.3) is 0 Å². The molecule has 0 fully saturated rings. The maximum absolute atomic E-state index is 12.9.